The summed E-state index contributed by atoms with van der Waals surface area (Å²) in [4.78, 5) is 0.294. The van der Waals surface area contributed by atoms with E-state index in [0.717, 1.165) is 6.07 Å². The second-order valence-corrected chi connectivity index (χ2v) is 3.87. The van der Waals surface area contributed by atoms with Crippen molar-refractivity contribution in [2.45, 2.75) is 4.90 Å². The average Bonchev–Trinajstić information content (AvgIpc) is 2.24. The Kier molecular flexibility index (Phi) is 3.06. The Bertz CT molecular complexity index is 589. The van der Waals surface area contributed by atoms with Crippen LogP contribution in [0.2, 0.25) is 0 Å². The molecule has 17 heavy (non-hydrogen) atoms. The van der Waals surface area contributed by atoms with Gasteiger partial charge in [0.1, 0.15) is 0 Å². The lowest BCUT2D eigenvalue weighted by Crippen LogP contribution is -1.99. The molecule has 0 spiro atoms. The van der Waals surface area contributed by atoms with Crippen molar-refractivity contribution in [3.05, 3.63) is 29.8 Å². The summed E-state index contributed by atoms with van der Waals surface area (Å²) in [6.07, 6.45) is 0. The van der Waals surface area contributed by atoms with Crippen LogP contribution in [0.3, 0.4) is 0 Å². The van der Waals surface area contributed by atoms with Gasteiger partial charge in [0.25, 0.3) is 0 Å². The third-order valence-corrected chi connectivity index (χ3v) is 2.64. The van der Waals surface area contributed by atoms with E-state index in [0.29, 0.717) is 16.0 Å². The number of rotatable bonds is 2. The summed E-state index contributed by atoms with van der Waals surface area (Å²) in [6.45, 7) is -1.26. The molecule has 2 aromatic carbocycles. The summed E-state index contributed by atoms with van der Waals surface area (Å²) in [5.41, 5.74) is 5.90. The molecule has 0 aliphatic heterocycles. The lowest BCUT2D eigenvalue weighted by molar-refractivity contribution is 0.185. The van der Waals surface area contributed by atoms with Gasteiger partial charge in [-0.2, -0.15) is 4.39 Å². The lowest BCUT2D eigenvalue weighted by atomic mass is 10.1. The quantitative estimate of drug-likeness (QED) is 0.641. The van der Waals surface area contributed by atoms with Crippen LogP contribution in [-0.2, 0) is 0 Å². The van der Waals surface area contributed by atoms with E-state index >= 15 is 0 Å². The molecule has 0 aliphatic rings. The zero-order valence-electron chi connectivity index (χ0n) is 8.51. The van der Waals surface area contributed by atoms with Crippen LogP contribution < -0.4 is 10.5 Å². The summed E-state index contributed by atoms with van der Waals surface area (Å²) >= 11 is 4.09. The Morgan fingerprint density at radius 2 is 1.94 bits per heavy atom. The molecule has 0 aromatic heterocycles. The molecule has 2 rings (SSSR count). The number of fused-ring (bicyclic) bond motifs is 1. The van der Waals surface area contributed by atoms with Gasteiger partial charge < -0.3 is 10.5 Å². The van der Waals surface area contributed by atoms with Gasteiger partial charge in [0.05, 0.1) is 0 Å². The van der Waals surface area contributed by atoms with E-state index in [1.807, 2.05) is 0 Å². The van der Waals surface area contributed by atoms with Crippen molar-refractivity contribution >= 4 is 29.1 Å². The van der Waals surface area contributed by atoms with Crippen molar-refractivity contribution in [3.8, 4) is 5.75 Å². The highest BCUT2D eigenvalue weighted by Gasteiger charge is 2.17. The third-order valence-electron chi connectivity index (χ3n) is 2.29. The predicted octanol–water partition coefficient (Wildman–Crippen LogP) is 3.29. The minimum Gasteiger partial charge on any atom is -0.459 e. The first kappa shape index (κ1) is 11.9. The number of nitrogen functional groups attached to an aromatic ring is 1. The molecule has 90 valence electrons. The van der Waals surface area contributed by atoms with Crippen LogP contribution in [0.4, 0.5) is 18.9 Å². The van der Waals surface area contributed by atoms with Crippen LogP contribution in [-0.4, -0.2) is 6.86 Å². The van der Waals surface area contributed by atoms with Gasteiger partial charge in [-0.05, 0) is 23.6 Å². The van der Waals surface area contributed by atoms with Gasteiger partial charge in [-0.25, -0.2) is 8.78 Å². The summed E-state index contributed by atoms with van der Waals surface area (Å²) in [6, 6.07) is 3.85. The van der Waals surface area contributed by atoms with E-state index in [-0.39, 0.29) is 5.39 Å². The number of ether oxygens (including phenoxy) is 1. The molecule has 0 aliphatic carbocycles. The number of hydrogen-bond donors (Lipinski definition) is 2. The van der Waals surface area contributed by atoms with Crippen molar-refractivity contribution in [1.29, 1.82) is 0 Å². The summed E-state index contributed by atoms with van der Waals surface area (Å²) in [7, 11) is 0. The first-order chi connectivity index (χ1) is 8.04. The van der Waals surface area contributed by atoms with Gasteiger partial charge >= 0.3 is 0 Å². The second kappa shape index (κ2) is 4.37. The molecule has 0 bridgehead atoms. The Morgan fingerprint density at radius 3 is 2.59 bits per heavy atom. The van der Waals surface area contributed by atoms with Gasteiger partial charge in [-0.3, -0.25) is 0 Å². The fourth-order valence-corrected chi connectivity index (χ4v) is 2.02. The van der Waals surface area contributed by atoms with Crippen LogP contribution in [0, 0.1) is 11.6 Å². The van der Waals surface area contributed by atoms with E-state index in [4.69, 9.17) is 5.73 Å². The standard InChI is InChI=1S/C11H8F3NOS/c12-4-16-11-9-5(2-7(13)10(11)14)1-6(15)3-8(9)17/h1-3,17H,4,15H2. The third kappa shape index (κ3) is 2.00. The average molecular weight is 259 g/mol. The predicted molar refractivity (Wildman–Crippen MR) is 62.1 cm³/mol. The molecule has 0 heterocycles. The van der Waals surface area contributed by atoms with Crippen LogP contribution in [0.25, 0.3) is 10.8 Å². The molecule has 0 radical (unpaired) electrons. The van der Waals surface area contributed by atoms with Crippen molar-refractivity contribution in [2.24, 2.45) is 0 Å². The minimum absolute atomic E-state index is 0.194. The SMILES string of the molecule is Nc1cc(S)c2c(OCF)c(F)c(F)cc2c1. The number of thiol groups is 1. The highest BCUT2D eigenvalue weighted by molar-refractivity contribution is 7.80. The normalized spacial score (nSPS) is 10.8. The Morgan fingerprint density at radius 1 is 1.24 bits per heavy atom. The number of halogens is 3. The molecule has 2 aromatic rings. The zero-order valence-corrected chi connectivity index (χ0v) is 9.40. The maximum Gasteiger partial charge on any atom is 0.228 e. The molecular formula is C11H8F3NOS. The van der Waals surface area contributed by atoms with Gasteiger partial charge in [-0.1, -0.05) is 0 Å². The van der Waals surface area contributed by atoms with Crippen LogP contribution >= 0.6 is 12.6 Å². The number of nitrogens with two attached hydrogens (primary N) is 1. The summed E-state index contributed by atoms with van der Waals surface area (Å²) in [5.74, 6) is -2.86. The van der Waals surface area contributed by atoms with Gasteiger partial charge in [-0.15, -0.1) is 12.6 Å². The van der Waals surface area contributed by atoms with E-state index < -0.39 is 24.2 Å². The first-order valence-corrected chi connectivity index (χ1v) is 5.08. The van der Waals surface area contributed by atoms with Gasteiger partial charge in [0.2, 0.25) is 12.7 Å². The van der Waals surface area contributed by atoms with E-state index in [9.17, 15) is 13.2 Å². The largest absolute Gasteiger partial charge is 0.459 e. The van der Waals surface area contributed by atoms with E-state index in [2.05, 4.69) is 17.4 Å². The summed E-state index contributed by atoms with van der Waals surface area (Å²) < 4.78 is 43.4. The van der Waals surface area contributed by atoms with Crippen LogP contribution in [0.1, 0.15) is 0 Å². The number of alkyl halides is 1. The molecule has 0 saturated heterocycles. The Balaban J connectivity index is 2.87. The number of hydrogen-bond acceptors (Lipinski definition) is 3. The molecule has 6 heteroatoms. The monoisotopic (exact) mass is 259 g/mol. The lowest BCUT2D eigenvalue weighted by Gasteiger charge is -2.11. The highest BCUT2D eigenvalue weighted by Crippen LogP contribution is 2.36. The van der Waals surface area contributed by atoms with Crippen molar-refractivity contribution in [3.63, 3.8) is 0 Å². The molecular weight excluding hydrogens is 251 g/mol. The Hall–Kier alpha value is -1.56. The molecule has 0 unspecified atom stereocenters. The maximum absolute atomic E-state index is 13.5. The van der Waals surface area contributed by atoms with Crippen molar-refractivity contribution < 1.29 is 17.9 Å². The first-order valence-electron chi connectivity index (χ1n) is 4.63. The molecule has 0 fully saturated rings. The Labute approximate surface area is 101 Å². The fourth-order valence-electron chi connectivity index (χ4n) is 1.64. The molecule has 0 atom stereocenters. The minimum atomic E-state index is -1.26. The maximum atomic E-state index is 13.5. The number of benzene rings is 2. The van der Waals surface area contributed by atoms with Crippen molar-refractivity contribution in [1.82, 2.24) is 0 Å². The van der Waals surface area contributed by atoms with E-state index in [1.165, 1.54) is 12.1 Å². The van der Waals surface area contributed by atoms with Gasteiger partial charge in [0.15, 0.2) is 11.6 Å². The molecule has 0 saturated carbocycles. The second-order valence-electron chi connectivity index (χ2n) is 3.39. The topological polar surface area (TPSA) is 35.2 Å². The van der Waals surface area contributed by atoms with Crippen LogP contribution in [0.5, 0.6) is 5.75 Å². The molecule has 2 nitrogen and oxygen atoms in total. The highest BCUT2D eigenvalue weighted by atomic mass is 32.1. The van der Waals surface area contributed by atoms with E-state index in [1.54, 1.807) is 0 Å². The van der Waals surface area contributed by atoms with Crippen LogP contribution in [0.15, 0.2) is 23.1 Å². The fraction of sp³-hybridized carbons (Fsp3) is 0.0909. The van der Waals surface area contributed by atoms with Crippen molar-refractivity contribution in [2.75, 3.05) is 12.6 Å². The number of anilines is 1. The van der Waals surface area contributed by atoms with Gasteiger partial charge in [0, 0.05) is 16.0 Å². The molecule has 0 amide bonds. The smallest absolute Gasteiger partial charge is 0.228 e. The summed E-state index contributed by atoms with van der Waals surface area (Å²) in [5, 5.41) is 0.497. The molecule has 2 N–H and O–H groups in total. The zero-order chi connectivity index (χ0) is 12.6.